The van der Waals surface area contributed by atoms with Crippen molar-refractivity contribution >= 4 is 5.91 Å². The molecular weight excluding hydrogens is 234 g/mol. The first kappa shape index (κ1) is 18.2. The molecule has 0 aromatic heterocycles. The topological polar surface area (TPSA) is 43.1 Å². The molecule has 19 heavy (non-hydrogen) atoms. The molecule has 0 spiro atoms. The molecule has 2 nitrogen and oxygen atoms in total. The summed E-state index contributed by atoms with van der Waals surface area (Å²) in [7, 11) is 0. The lowest BCUT2D eigenvalue weighted by Gasteiger charge is -2.02. The van der Waals surface area contributed by atoms with Crippen molar-refractivity contribution in [2.24, 2.45) is 5.73 Å². The SMILES string of the molecule is CCCCCCCCCCCCCC/C=C/C(N)=O. The molecule has 0 atom stereocenters. The maximum Gasteiger partial charge on any atom is 0.241 e. The zero-order valence-corrected chi connectivity index (χ0v) is 12.8. The predicted molar refractivity (Wildman–Crippen MR) is 84.0 cm³/mol. The summed E-state index contributed by atoms with van der Waals surface area (Å²) in [4.78, 5) is 10.5. The van der Waals surface area contributed by atoms with Gasteiger partial charge in [0.15, 0.2) is 0 Å². The molecule has 2 N–H and O–H groups in total. The van der Waals surface area contributed by atoms with Crippen LogP contribution in [0.25, 0.3) is 0 Å². The number of unbranched alkanes of at least 4 members (excludes halogenated alkanes) is 12. The Balaban J connectivity index is 3.01. The smallest absolute Gasteiger partial charge is 0.241 e. The van der Waals surface area contributed by atoms with E-state index in [1.165, 1.54) is 83.1 Å². The van der Waals surface area contributed by atoms with Gasteiger partial charge in [-0.05, 0) is 18.9 Å². The number of allylic oxidation sites excluding steroid dienone is 1. The summed E-state index contributed by atoms with van der Waals surface area (Å²) >= 11 is 0. The second-order valence-electron chi connectivity index (χ2n) is 5.48. The van der Waals surface area contributed by atoms with Crippen LogP contribution in [0.1, 0.15) is 90.4 Å². The molecule has 0 rings (SSSR count). The number of primary amides is 1. The van der Waals surface area contributed by atoms with Crippen LogP contribution >= 0.6 is 0 Å². The molecule has 0 fully saturated rings. The van der Waals surface area contributed by atoms with Gasteiger partial charge in [-0.2, -0.15) is 0 Å². The van der Waals surface area contributed by atoms with Crippen molar-refractivity contribution in [3.8, 4) is 0 Å². The summed E-state index contributed by atoms with van der Waals surface area (Å²) in [5.41, 5.74) is 5.01. The number of carbonyl (C=O) groups excluding carboxylic acids is 1. The molecule has 0 aliphatic rings. The fraction of sp³-hybridized carbons (Fsp3) is 0.824. The van der Waals surface area contributed by atoms with E-state index in [-0.39, 0.29) is 5.91 Å². The highest BCUT2D eigenvalue weighted by Crippen LogP contribution is 2.12. The minimum Gasteiger partial charge on any atom is -0.366 e. The van der Waals surface area contributed by atoms with Gasteiger partial charge in [0.25, 0.3) is 0 Å². The number of amides is 1. The average Bonchev–Trinajstić information content (AvgIpc) is 2.39. The number of hydrogen-bond acceptors (Lipinski definition) is 1. The van der Waals surface area contributed by atoms with Gasteiger partial charge in [0, 0.05) is 0 Å². The van der Waals surface area contributed by atoms with Crippen molar-refractivity contribution in [1.29, 1.82) is 0 Å². The molecule has 112 valence electrons. The van der Waals surface area contributed by atoms with Crippen molar-refractivity contribution in [2.75, 3.05) is 0 Å². The third-order valence-electron chi connectivity index (χ3n) is 3.51. The van der Waals surface area contributed by atoms with Gasteiger partial charge < -0.3 is 5.73 Å². The van der Waals surface area contributed by atoms with Gasteiger partial charge in [-0.1, -0.05) is 83.6 Å². The van der Waals surface area contributed by atoms with Crippen LogP contribution in [0.15, 0.2) is 12.2 Å². The molecule has 2 heteroatoms. The Labute approximate surface area is 119 Å². The first-order valence-electron chi connectivity index (χ1n) is 8.23. The van der Waals surface area contributed by atoms with E-state index in [1.807, 2.05) is 6.08 Å². The molecule has 0 aromatic carbocycles. The van der Waals surface area contributed by atoms with E-state index in [0.29, 0.717) is 0 Å². The van der Waals surface area contributed by atoms with E-state index in [2.05, 4.69) is 6.92 Å². The van der Waals surface area contributed by atoms with Gasteiger partial charge >= 0.3 is 0 Å². The van der Waals surface area contributed by atoms with Gasteiger partial charge in [-0.15, -0.1) is 0 Å². The van der Waals surface area contributed by atoms with Crippen molar-refractivity contribution in [3.05, 3.63) is 12.2 Å². The van der Waals surface area contributed by atoms with Crippen LogP contribution in [-0.4, -0.2) is 5.91 Å². The van der Waals surface area contributed by atoms with E-state index >= 15 is 0 Å². The summed E-state index contributed by atoms with van der Waals surface area (Å²) < 4.78 is 0. The monoisotopic (exact) mass is 267 g/mol. The maximum atomic E-state index is 10.5. The van der Waals surface area contributed by atoms with E-state index in [4.69, 9.17) is 5.73 Å². The molecule has 0 bridgehead atoms. The predicted octanol–water partition coefficient (Wildman–Crippen LogP) is 5.12. The molecular formula is C17H33NO. The van der Waals surface area contributed by atoms with Gasteiger partial charge in [0.1, 0.15) is 0 Å². The van der Waals surface area contributed by atoms with Crippen LogP contribution in [0.2, 0.25) is 0 Å². The van der Waals surface area contributed by atoms with Gasteiger partial charge in [0.05, 0.1) is 0 Å². The Morgan fingerprint density at radius 2 is 1.21 bits per heavy atom. The summed E-state index contributed by atoms with van der Waals surface area (Å²) in [6.07, 6.45) is 20.8. The second kappa shape index (κ2) is 15.3. The van der Waals surface area contributed by atoms with Gasteiger partial charge in [-0.25, -0.2) is 0 Å². The number of carbonyl (C=O) groups is 1. The van der Waals surface area contributed by atoms with Crippen molar-refractivity contribution in [2.45, 2.75) is 90.4 Å². The standard InChI is InChI=1S/C17H33NO/c1-2-3-4-5-6-7-8-9-10-11-12-13-14-15-16-17(18)19/h15-16H,2-14H2,1H3,(H2,18,19)/b16-15+. The number of nitrogens with two attached hydrogens (primary N) is 1. The average molecular weight is 267 g/mol. The third kappa shape index (κ3) is 17.2. The molecule has 0 aliphatic heterocycles. The lowest BCUT2D eigenvalue weighted by atomic mass is 10.0. The highest BCUT2D eigenvalue weighted by Gasteiger charge is 1.93. The Kier molecular flexibility index (Phi) is 14.6. The Hall–Kier alpha value is -0.790. The lowest BCUT2D eigenvalue weighted by molar-refractivity contribution is -0.113. The fourth-order valence-electron chi connectivity index (χ4n) is 2.30. The van der Waals surface area contributed by atoms with Crippen molar-refractivity contribution in [1.82, 2.24) is 0 Å². The second-order valence-corrected chi connectivity index (χ2v) is 5.48. The van der Waals surface area contributed by atoms with Crippen LogP contribution in [0, 0.1) is 0 Å². The van der Waals surface area contributed by atoms with E-state index in [0.717, 1.165) is 6.42 Å². The normalized spacial score (nSPS) is 11.2. The van der Waals surface area contributed by atoms with Crippen LogP contribution < -0.4 is 5.73 Å². The molecule has 0 saturated heterocycles. The molecule has 0 unspecified atom stereocenters. The Morgan fingerprint density at radius 3 is 1.63 bits per heavy atom. The quantitative estimate of drug-likeness (QED) is 0.344. The molecule has 0 radical (unpaired) electrons. The Bertz CT molecular complexity index is 223. The van der Waals surface area contributed by atoms with Gasteiger partial charge in [-0.3, -0.25) is 4.79 Å². The summed E-state index contributed by atoms with van der Waals surface area (Å²) in [6.45, 7) is 2.27. The highest BCUT2D eigenvalue weighted by atomic mass is 16.1. The third-order valence-corrected chi connectivity index (χ3v) is 3.51. The van der Waals surface area contributed by atoms with Crippen molar-refractivity contribution < 1.29 is 4.79 Å². The van der Waals surface area contributed by atoms with Crippen LogP contribution in [0.5, 0.6) is 0 Å². The molecule has 0 aliphatic carbocycles. The lowest BCUT2D eigenvalue weighted by Crippen LogP contribution is -2.05. The zero-order chi connectivity index (χ0) is 14.2. The zero-order valence-electron chi connectivity index (χ0n) is 12.8. The Morgan fingerprint density at radius 1 is 0.789 bits per heavy atom. The van der Waals surface area contributed by atoms with Crippen LogP contribution in [0.3, 0.4) is 0 Å². The fourth-order valence-corrected chi connectivity index (χ4v) is 2.30. The first-order chi connectivity index (χ1) is 9.27. The van der Waals surface area contributed by atoms with E-state index in [9.17, 15) is 4.79 Å². The minimum atomic E-state index is -0.334. The summed E-state index contributed by atoms with van der Waals surface area (Å²) in [5, 5.41) is 0. The maximum absolute atomic E-state index is 10.5. The van der Waals surface area contributed by atoms with Crippen LogP contribution in [-0.2, 0) is 4.79 Å². The number of rotatable bonds is 14. The molecule has 1 amide bonds. The van der Waals surface area contributed by atoms with Gasteiger partial charge in [0.2, 0.25) is 5.91 Å². The summed E-state index contributed by atoms with van der Waals surface area (Å²) in [6, 6.07) is 0. The molecule has 0 heterocycles. The summed E-state index contributed by atoms with van der Waals surface area (Å²) in [5.74, 6) is -0.334. The largest absolute Gasteiger partial charge is 0.366 e. The van der Waals surface area contributed by atoms with E-state index in [1.54, 1.807) is 0 Å². The van der Waals surface area contributed by atoms with Crippen molar-refractivity contribution in [3.63, 3.8) is 0 Å². The molecule has 0 saturated carbocycles. The minimum absolute atomic E-state index is 0.334. The van der Waals surface area contributed by atoms with Crippen LogP contribution in [0.4, 0.5) is 0 Å². The molecule has 0 aromatic rings. The highest BCUT2D eigenvalue weighted by molar-refractivity contribution is 5.85. The van der Waals surface area contributed by atoms with E-state index < -0.39 is 0 Å². The first-order valence-corrected chi connectivity index (χ1v) is 8.23. The number of hydrogen-bond donors (Lipinski definition) is 1.